The molecule has 2 heterocycles. The van der Waals surface area contributed by atoms with Crippen LogP contribution >= 0.6 is 0 Å². The minimum absolute atomic E-state index is 0.00584. The van der Waals surface area contributed by atoms with Crippen molar-refractivity contribution in [1.82, 2.24) is 8.87 Å². The van der Waals surface area contributed by atoms with E-state index in [4.69, 9.17) is 0 Å². The number of β-amino-alcohol motifs (C(OH)–C–C–N with tert-alkyl or cyclic N) is 1. The first-order valence-corrected chi connectivity index (χ1v) is 9.99. The van der Waals surface area contributed by atoms with E-state index in [1.54, 1.807) is 16.7 Å². The van der Waals surface area contributed by atoms with Crippen LogP contribution in [0.1, 0.15) is 6.42 Å². The third-order valence-electron chi connectivity index (χ3n) is 4.80. The van der Waals surface area contributed by atoms with Crippen molar-refractivity contribution < 1.29 is 22.3 Å². The molecule has 1 unspecified atom stereocenters. The lowest BCUT2D eigenvalue weighted by Gasteiger charge is -2.20. The van der Waals surface area contributed by atoms with Gasteiger partial charge in [0.15, 0.2) is 0 Å². The maximum absolute atomic E-state index is 13.7. The zero-order valence-corrected chi connectivity index (χ0v) is 14.7. The Morgan fingerprint density at radius 1 is 1.00 bits per heavy atom. The standard InChI is InChI=1S/C18H18F2N2O3S/c19-12-2-4-17-15(8-12)16-9-13(20)3-5-18(16)22(17)11-14(23)10-21-6-1-7-26(21,24)25/h2-5,8-9,14,23H,1,6-7,10-11H2. The lowest BCUT2D eigenvalue weighted by Crippen LogP contribution is -2.35. The fourth-order valence-corrected chi connectivity index (χ4v) is 5.20. The third-order valence-corrected chi connectivity index (χ3v) is 6.72. The van der Waals surface area contributed by atoms with Gasteiger partial charge >= 0.3 is 0 Å². The van der Waals surface area contributed by atoms with Crippen LogP contribution in [0.4, 0.5) is 8.78 Å². The second-order valence-corrected chi connectivity index (χ2v) is 8.70. The van der Waals surface area contributed by atoms with Gasteiger partial charge in [0.25, 0.3) is 0 Å². The van der Waals surface area contributed by atoms with Crippen LogP contribution in [0.2, 0.25) is 0 Å². The van der Waals surface area contributed by atoms with Crippen LogP contribution in [0.15, 0.2) is 36.4 Å². The van der Waals surface area contributed by atoms with Crippen molar-refractivity contribution in [2.45, 2.75) is 19.1 Å². The number of fused-ring (bicyclic) bond motifs is 3. The predicted octanol–water partition coefficient (Wildman–Crippen LogP) is 2.47. The normalized spacial score (nSPS) is 18.7. The summed E-state index contributed by atoms with van der Waals surface area (Å²) in [5.74, 6) is -0.748. The van der Waals surface area contributed by atoms with Gasteiger partial charge in [0, 0.05) is 34.9 Å². The summed E-state index contributed by atoms with van der Waals surface area (Å²) in [6.07, 6.45) is -0.375. The number of sulfonamides is 1. The quantitative estimate of drug-likeness (QED) is 0.756. The van der Waals surface area contributed by atoms with Gasteiger partial charge in [-0.3, -0.25) is 0 Å². The number of hydrogen-bond acceptors (Lipinski definition) is 3. The van der Waals surface area contributed by atoms with Gasteiger partial charge in [-0.15, -0.1) is 0 Å². The minimum atomic E-state index is -3.29. The number of aliphatic hydroxyl groups excluding tert-OH is 1. The molecule has 3 aromatic rings. The minimum Gasteiger partial charge on any atom is -0.390 e. The Morgan fingerprint density at radius 3 is 2.08 bits per heavy atom. The summed E-state index contributed by atoms with van der Waals surface area (Å²) in [7, 11) is -3.29. The van der Waals surface area contributed by atoms with E-state index in [0.29, 0.717) is 34.8 Å². The summed E-state index contributed by atoms with van der Waals surface area (Å²) in [6.45, 7) is 0.540. The number of benzene rings is 2. The van der Waals surface area contributed by atoms with Crippen molar-refractivity contribution in [3.8, 4) is 0 Å². The van der Waals surface area contributed by atoms with Crippen LogP contribution in [-0.4, -0.2) is 47.3 Å². The first-order valence-electron chi connectivity index (χ1n) is 8.38. The first-order chi connectivity index (χ1) is 12.3. The van der Waals surface area contributed by atoms with Crippen molar-refractivity contribution >= 4 is 31.8 Å². The molecule has 0 bridgehead atoms. The molecule has 1 N–H and O–H groups in total. The molecule has 26 heavy (non-hydrogen) atoms. The molecule has 0 radical (unpaired) electrons. The molecule has 8 heteroatoms. The molecule has 1 aromatic heterocycles. The van der Waals surface area contributed by atoms with Crippen molar-refractivity contribution in [2.24, 2.45) is 0 Å². The highest BCUT2D eigenvalue weighted by Gasteiger charge is 2.30. The average molecular weight is 380 g/mol. The topological polar surface area (TPSA) is 62.5 Å². The van der Waals surface area contributed by atoms with Crippen molar-refractivity contribution in [3.05, 3.63) is 48.0 Å². The Hall–Kier alpha value is -2.03. The van der Waals surface area contributed by atoms with Gasteiger partial charge in [0.05, 0.1) is 18.4 Å². The van der Waals surface area contributed by atoms with E-state index in [1.807, 2.05) is 0 Å². The SMILES string of the molecule is O=S1(=O)CCCN1CC(O)Cn1c2ccc(F)cc2c2cc(F)ccc21. The first kappa shape index (κ1) is 17.4. The van der Waals surface area contributed by atoms with E-state index in [0.717, 1.165) is 0 Å². The molecule has 1 aliphatic rings. The molecule has 1 aliphatic heterocycles. The van der Waals surface area contributed by atoms with E-state index in [2.05, 4.69) is 0 Å². The molecule has 0 aliphatic carbocycles. The maximum atomic E-state index is 13.7. The van der Waals surface area contributed by atoms with Crippen LogP contribution < -0.4 is 0 Å². The fourth-order valence-electron chi connectivity index (χ4n) is 3.65. The summed E-state index contributed by atoms with van der Waals surface area (Å²) >= 11 is 0. The third kappa shape index (κ3) is 2.98. The number of nitrogens with zero attached hydrogens (tertiary/aromatic N) is 2. The van der Waals surface area contributed by atoms with Gasteiger partial charge in [0.1, 0.15) is 11.6 Å². The van der Waals surface area contributed by atoms with E-state index in [9.17, 15) is 22.3 Å². The van der Waals surface area contributed by atoms with Crippen molar-refractivity contribution in [3.63, 3.8) is 0 Å². The Morgan fingerprint density at radius 2 is 1.58 bits per heavy atom. The highest BCUT2D eigenvalue weighted by Crippen LogP contribution is 2.30. The van der Waals surface area contributed by atoms with Crippen molar-refractivity contribution in [1.29, 1.82) is 0 Å². The van der Waals surface area contributed by atoms with Gasteiger partial charge in [-0.05, 0) is 42.8 Å². The summed E-state index contributed by atoms with van der Waals surface area (Å²) in [4.78, 5) is 0. The van der Waals surface area contributed by atoms with Crippen LogP contribution in [0.25, 0.3) is 21.8 Å². The molecular weight excluding hydrogens is 362 g/mol. The smallest absolute Gasteiger partial charge is 0.214 e. The molecule has 0 saturated carbocycles. The molecule has 1 atom stereocenters. The number of aromatic nitrogens is 1. The zero-order chi connectivity index (χ0) is 18.5. The summed E-state index contributed by atoms with van der Waals surface area (Å²) in [5, 5.41) is 11.6. The molecule has 138 valence electrons. The molecule has 1 saturated heterocycles. The lowest BCUT2D eigenvalue weighted by atomic mass is 10.1. The monoisotopic (exact) mass is 380 g/mol. The Kier molecular flexibility index (Phi) is 4.21. The summed E-state index contributed by atoms with van der Waals surface area (Å²) < 4.78 is 54.3. The van der Waals surface area contributed by atoms with E-state index < -0.39 is 27.8 Å². The van der Waals surface area contributed by atoms with Crippen LogP contribution in [0, 0.1) is 11.6 Å². The largest absolute Gasteiger partial charge is 0.390 e. The molecular formula is C18H18F2N2O3S. The van der Waals surface area contributed by atoms with E-state index in [-0.39, 0.29) is 18.8 Å². The second-order valence-electron chi connectivity index (χ2n) is 6.61. The van der Waals surface area contributed by atoms with Gasteiger partial charge in [-0.2, -0.15) is 4.31 Å². The van der Waals surface area contributed by atoms with Crippen LogP contribution in [0.3, 0.4) is 0 Å². The molecule has 5 nitrogen and oxygen atoms in total. The highest BCUT2D eigenvalue weighted by atomic mass is 32.2. The lowest BCUT2D eigenvalue weighted by molar-refractivity contribution is 0.133. The Balaban J connectivity index is 1.73. The zero-order valence-electron chi connectivity index (χ0n) is 13.9. The molecule has 1 fully saturated rings. The number of halogens is 2. The number of aliphatic hydroxyl groups is 1. The van der Waals surface area contributed by atoms with E-state index in [1.165, 1.54) is 28.6 Å². The molecule has 0 amide bonds. The Labute approximate surface area is 149 Å². The fraction of sp³-hybridized carbons (Fsp3) is 0.333. The number of hydrogen-bond donors (Lipinski definition) is 1. The second kappa shape index (κ2) is 6.29. The van der Waals surface area contributed by atoms with Gasteiger partial charge in [-0.1, -0.05) is 0 Å². The van der Waals surface area contributed by atoms with Crippen LogP contribution in [0.5, 0.6) is 0 Å². The van der Waals surface area contributed by atoms with Gasteiger partial charge in [-0.25, -0.2) is 17.2 Å². The molecule has 4 rings (SSSR count). The summed E-state index contributed by atoms with van der Waals surface area (Å²) in [6, 6.07) is 8.47. The average Bonchev–Trinajstić information content (AvgIpc) is 3.05. The van der Waals surface area contributed by atoms with Crippen molar-refractivity contribution in [2.75, 3.05) is 18.8 Å². The van der Waals surface area contributed by atoms with E-state index >= 15 is 0 Å². The predicted molar refractivity (Wildman–Crippen MR) is 95.3 cm³/mol. The number of rotatable bonds is 4. The van der Waals surface area contributed by atoms with Gasteiger partial charge < -0.3 is 9.67 Å². The summed E-state index contributed by atoms with van der Waals surface area (Å²) in [5.41, 5.74) is 1.32. The van der Waals surface area contributed by atoms with Crippen LogP contribution in [-0.2, 0) is 16.6 Å². The Bertz CT molecular complexity index is 1040. The highest BCUT2D eigenvalue weighted by molar-refractivity contribution is 7.89. The molecule has 0 spiro atoms. The van der Waals surface area contributed by atoms with Gasteiger partial charge in [0.2, 0.25) is 10.0 Å². The molecule has 2 aromatic carbocycles. The maximum Gasteiger partial charge on any atom is 0.214 e.